The van der Waals surface area contributed by atoms with Crippen molar-refractivity contribution in [2.24, 2.45) is 0 Å². The van der Waals surface area contributed by atoms with Crippen LogP contribution in [0.1, 0.15) is 46.1 Å². The zero-order valence-corrected chi connectivity index (χ0v) is 18.8. The smallest absolute Gasteiger partial charge is 0.269 e. The minimum Gasteiger partial charge on any atom is -0.397 e. The molecule has 0 fully saturated rings. The Morgan fingerprint density at radius 2 is 1.90 bits per heavy atom. The fourth-order valence-corrected chi connectivity index (χ4v) is 5.13. The molecular formula is C22H20N6OS2. The number of thiazole rings is 1. The number of thiophene rings is 1. The molecule has 3 heterocycles. The molecule has 0 unspecified atom stereocenters. The van der Waals surface area contributed by atoms with Crippen LogP contribution in [0.25, 0.3) is 21.5 Å². The van der Waals surface area contributed by atoms with Crippen molar-refractivity contribution in [2.45, 2.75) is 26.7 Å². The number of nitrogens with zero attached hydrogens (tertiary/aromatic N) is 3. The van der Waals surface area contributed by atoms with E-state index in [-0.39, 0.29) is 17.6 Å². The topological polar surface area (TPSA) is 131 Å². The molecule has 0 atom stereocenters. The van der Waals surface area contributed by atoms with Crippen LogP contribution in [0.2, 0.25) is 0 Å². The fraction of sp³-hybridized carbons (Fsp3) is 0.182. The molecule has 3 aromatic heterocycles. The molecule has 31 heavy (non-hydrogen) atoms. The van der Waals surface area contributed by atoms with Crippen LogP contribution in [0.5, 0.6) is 0 Å². The molecule has 0 aliphatic rings. The van der Waals surface area contributed by atoms with Crippen molar-refractivity contribution in [1.82, 2.24) is 9.97 Å². The van der Waals surface area contributed by atoms with Gasteiger partial charge in [0, 0.05) is 16.3 Å². The SMILES string of the molecule is Cc1ccc(-c2csc(NC(=O)c3sc4nc(N)c(C#N)c(C(C)C)c4c3N)n2)cc1. The number of nitriles is 1. The summed E-state index contributed by atoms with van der Waals surface area (Å²) in [4.78, 5) is 22.7. The number of nitrogens with one attached hydrogen (secondary N) is 1. The van der Waals surface area contributed by atoms with Gasteiger partial charge in [-0.1, -0.05) is 43.7 Å². The van der Waals surface area contributed by atoms with E-state index in [1.165, 1.54) is 16.9 Å². The molecule has 9 heteroatoms. The minimum atomic E-state index is -0.364. The summed E-state index contributed by atoms with van der Waals surface area (Å²) in [5.41, 5.74) is 16.6. The van der Waals surface area contributed by atoms with Crippen molar-refractivity contribution in [1.29, 1.82) is 5.26 Å². The Balaban J connectivity index is 1.69. The fourth-order valence-electron chi connectivity index (χ4n) is 3.40. The first-order valence-electron chi connectivity index (χ1n) is 9.55. The molecule has 1 aromatic carbocycles. The highest BCUT2D eigenvalue weighted by molar-refractivity contribution is 7.21. The Labute approximate surface area is 187 Å². The van der Waals surface area contributed by atoms with E-state index < -0.39 is 0 Å². The van der Waals surface area contributed by atoms with Crippen molar-refractivity contribution >= 4 is 55.4 Å². The molecule has 0 aliphatic carbocycles. The summed E-state index contributed by atoms with van der Waals surface area (Å²) < 4.78 is 0. The molecule has 4 rings (SSSR count). The third kappa shape index (κ3) is 3.71. The number of nitrogen functional groups attached to an aromatic ring is 2. The lowest BCUT2D eigenvalue weighted by Gasteiger charge is -2.12. The Bertz CT molecular complexity index is 1350. The van der Waals surface area contributed by atoms with Gasteiger partial charge >= 0.3 is 0 Å². The first kappa shape index (κ1) is 20.8. The predicted octanol–water partition coefficient (Wildman–Crippen LogP) is 5.14. The maximum atomic E-state index is 13.0. The van der Waals surface area contributed by atoms with Gasteiger partial charge in [-0.05, 0) is 18.4 Å². The van der Waals surface area contributed by atoms with E-state index in [9.17, 15) is 10.1 Å². The molecule has 4 aromatic rings. The number of aromatic nitrogens is 2. The van der Waals surface area contributed by atoms with Gasteiger partial charge in [-0.15, -0.1) is 22.7 Å². The quantitative estimate of drug-likeness (QED) is 0.396. The Morgan fingerprint density at radius 3 is 2.55 bits per heavy atom. The van der Waals surface area contributed by atoms with Crippen LogP contribution in [0, 0.1) is 18.3 Å². The van der Waals surface area contributed by atoms with Gasteiger partial charge in [-0.3, -0.25) is 10.1 Å². The second-order valence-corrected chi connectivity index (χ2v) is 9.29. The van der Waals surface area contributed by atoms with Crippen LogP contribution in [-0.2, 0) is 0 Å². The summed E-state index contributed by atoms with van der Waals surface area (Å²) in [7, 11) is 0. The standard InChI is InChI=1S/C22H20N6OS2/c1-10(2)15-13(8-23)19(25)27-21-16(15)17(24)18(31-21)20(29)28-22-26-14(9-30-22)12-6-4-11(3)5-7-12/h4-7,9-10H,24H2,1-3H3,(H2,25,27)(H,26,28,29). The minimum absolute atomic E-state index is 0.00806. The van der Waals surface area contributed by atoms with Gasteiger partial charge in [-0.25, -0.2) is 9.97 Å². The van der Waals surface area contributed by atoms with E-state index in [0.29, 0.717) is 37.0 Å². The Hall–Kier alpha value is -3.48. The number of hydrogen-bond acceptors (Lipinski definition) is 8. The number of aryl methyl sites for hydroxylation is 1. The first-order valence-corrected chi connectivity index (χ1v) is 11.2. The summed E-state index contributed by atoms with van der Waals surface area (Å²) in [5.74, 6) is -0.224. The zero-order valence-electron chi connectivity index (χ0n) is 17.2. The van der Waals surface area contributed by atoms with E-state index in [1.54, 1.807) is 0 Å². The van der Waals surface area contributed by atoms with Crippen LogP contribution in [0.15, 0.2) is 29.6 Å². The van der Waals surface area contributed by atoms with Gasteiger partial charge in [0.05, 0.1) is 16.9 Å². The van der Waals surface area contributed by atoms with Gasteiger partial charge in [0.15, 0.2) is 5.13 Å². The maximum Gasteiger partial charge on any atom is 0.269 e. The molecule has 156 valence electrons. The summed E-state index contributed by atoms with van der Waals surface area (Å²) >= 11 is 2.50. The number of carbonyl (C=O) groups is 1. The first-order chi connectivity index (χ1) is 14.8. The molecule has 0 aliphatic heterocycles. The lowest BCUT2D eigenvalue weighted by molar-refractivity contribution is 0.103. The third-order valence-electron chi connectivity index (χ3n) is 4.91. The monoisotopic (exact) mass is 448 g/mol. The Morgan fingerprint density at radius 1 is 1.19 bits per heavy atom. The van der Waals surface area contributed by atoms with Crippen molar-refractivity contribution in [3.05, 3.63) is 51.2 Å². The number of fused-ring (bicyclic) bond motifs is 1. The van der Waals surface area contributed by atoms with Crippen LogP contribution in [-0.4, -0.2) is 15.9 Å². The number of benzene rings is 1. The second kappa shape index (κ2) is 7.98. The van der Waals surface area contributed by atoms with Gasteiger partial charge < -0.3 is 11.5 Å². The highest BCUT2D eigenvalue weighted by Gasteiger charge is 2.25. The summed E-state index contributed by atoms with van der Waals surface area (Å²) in [6.07, 6.45) is 0. The molecule has 1 amide bonds. The highest BCUT2D eigenvalue weighted by atomic mass is 32.1. The molecule has 0 radical (unpaired) electrons. The van der Waals surface area contributed by atoms with Crippen molar-refractivity contribution in [3.8, 4) is 17.3 Å². The van der Waals surface area contributed by atoms with Crippen molar-refractivity contribution in [2.75, 3.05) is 16.8 Å². The summed E-state index contributed by atoms with van der Waals surface area (Å²) in [6, 6.07) is 10.1. The van der Waals surface area contributed by atoms with Crippen LogP contribution in [0.3, 0.4) is 0 Å². The highest BCUT2D eigenvalue weighted by Crippen LogP contribution is 2.41. The largest absolute Gasteiger partial charge is 0.397 e. The number of nitrogens with two attached hydrogens (primary N) is 2. The van der Waals surface area contributed by atoms with E-state index in [4.69, 9.17) is 11.5 Å². The normalized spacial score (nSPS) is 11.1. The van der Waals surface area contributed by atoms with Crippen LogP contribution >= 0.6 is 22.7 Å². The number of hydrogen-bond donors (Lipinski definition) is 3. The summed E-state index contributed by atoms with van der Waals surface area (Å²) in [5, 5.41) is 15.4. The lowest BCUT2D eigenvalue weighted by Crippen LogP contribution is -2.12. The predicted molar refractivity (Wildman–Crippen MR) is 127 cm³/mol. The lowest BCUT2D eigenvalue weighted by atomic mass is 9.95. The van der Waals surface area contributed by atoms with E-state index >= 15 is 0 Å². The van der Waals surface area contributed by atoms with Crippen LogP contribution in [0.4, 0.5) is 16.6 Å². The number of amides is 1. The average molecular weight is 449 g/mol. The zero-order chi connectivity index (χ0) is 22.3. The number of pyridine rings is 1. The molecule has 0 spiro atoms. The van der Waals surface area contributed by atoms with Crippen molar-refractivity contribution < 1.29 is 4.79 Å². The van der Waals surface area contributed by atoms with Gasteiger partial charge in [-0.2, -0.15) is 5.26 Å². The molecule has 0 bridgehead atoms. The van der Waals surface area contributed by atoms with E-state index in [0.717, 1.165) is 22.6 Å². The summed E-state index contributed by atoms with van der Waals surface area (Å²) in [6.45, 7) is 5.93. The number of rotatable bonds is 4. The average Bonchev–Trinajstić information content (AvgIpc) is 3.32. The van der Waals surface area contributed by atoms with Gasteiger partial charge in [0.2, 0.25) is 0 Å². The van der Waals surface area contributed by atoms with E-state index in [2.05, 4.69) is 21.4 Å². The Kier molecular flexibility index (Phi) is 5.35. The molecule has 7 nitrogen and oxygen atoms in total. The van der Waals surface area contributed by atoms with Gasteiger partial charge in [0.25, 0.3) is 5.91 Å². The molecular weight excluding hydrogens is 428 g/mol. The molecule has 5 N–H and O–H groups in total. The molecule has 0 saturated heterocycles. The third-order valence-corrected chi connectivity index (χ3v) is 6.77. The van der Waals surface area contributed by atoms with Crippen LogP contribution < -0.4 is 16.8 Å². The van der Waals surface area contributed by atoms with Gasteiger partial charge in [0.1, 0.15) is 21.6 Å². The molecule has 0 saturated carbocycles. The van der Waals surface area contributed by atoms with Crippen molar-refractivity contribution in [3.63, 3.8) is 0 Å². The maximum absolute atomic E-state index is 13.0. The number of carbonyl (C=O) groups excluding carboxylic acids is 1. The second-order valence-electron chi connectivity index (χ2n) is 7.44. The number of anilines is 3. The van der Waals surface area contributed by atoms with E-state index in [1.807, 2.05) is 50.4 Å².